The van der Waals surface area contributed by atoms with Gasteiger partial charge >= 0.3 is 0 Å². The first-order chi connectivity index (χ1) is 14.6. The van der Waals surface area contributed by atoms with Gasteiger partial charge in [0.15, 0.2) is 0 Å². The number of carbonyl (C=O) groups excluding carboxylic acids is 1. The Labute approximate surface area is 180 Å². The fourth-order valence-electron chi connectivity index (χ4n) is 4.01. The lowest BCUT2D eigenvalue weighted by molar-refractivity contribution is 0.0900. The van der Waals surface area contributed by atoms with Crippen molar-refractivity contribution in [2.24, 2.45) is 0 Å². The summed E-state index contributed by atoms with van der Waals surface area (Å²) in [7, 11) is 0. The molecule has 2 heterocycles. The van der Waals surface area contributed by atoms with Crippen LogP contribution in [0.4, 0.5) is 4.39 Å². The van der Waals surface area contributed by atoms with Gasteiger partial charge in [0, 0.05) is 47.7 Å². The van der Waals surface area contributed by atoms with Gasteiger partial charge in [-0.3, -0.25) is 14.7 Å². The van der Waals surface area contributed by atoms with Crippen molar-refractivity contribution in [1.29, 1.82) is 0 Å². The van der Waals surface area contributed by atoms with Gasteiger partial charge in [0.25, 0.3) is 5.91 Å². The lowest BCUT2D eigenvalue weighted by atomic mass is 9.94. The molecule has 1 aliphatic heterocycles. The van der Waals surface area contributed by atoms with Gasteiger partial charge in [0.05, 0.1) is 6.04 Å². The maximum absolute atomic E-state index is 14.8. The van der Waals surface area contributed by atoms with E-state index < -0.39 is 0 Å². The second kappa shape index (κ2) is 9.37. The number of nitrogens with one attached hydrogen (secondary N) is 1. The molecule has 2 aromatic carbocycles. The van der Waals surface area contributed by atoms with Crippen LogP contribution in [0.15, 0.2) is 73.1 Å². The number of hydrogen-bond donors (Lipinski definition) is 1. The second-order valence-electron chi connectivity index (χ2n) is 7.50. The smallest absolute Gasteiger partial charge is 0.251 e. The van der Waals surface area contributed by atoms with Gasteiger partial charge in [0.1, 0.15) is 5.82 Å². The van der Waals surface area contributed by atoms with Crippen molar-refractivity contribution in [1.82, 2.24) is 15.2 Å². The Hall–Kier alpha value is -2.76. The molecule has 0 radical (unpaired) electrons. The number of aromatic nitrogens is 1. The van der Waals surface area contributed by atoms with E-state index in [0.717, 1.165) is 31.5 Å². The van der Waals surface area contributed by atoms with Gasteiger partial charge in [-0.25, -0.2) is 4.39 Å². The number of hydrogen-bond acceptors (Lipinski definition) is 3. The number of pyridine rings is 1. The monoisotopic (exact) mass is 423 g/mol. The van der Waals surface area contributed by atoms with Crippen molar-refractivity contribution in [3.63, 3.8) is 0 Å². The van der Waals surface area contributed by atoms with E-state index in [2.05, 4.69) is 15.2 Å². The van der Waals surface area contributed by atoms with Gasteiger partial charge in [-0.05, 0) is 48.7 Å². The lowest BCUT2D eigenvalue weighted by Crippen LogP contribution is -2.46. The summed E-state index contributed by atoms with van der Waals surface area (Å²) in [6.45, 7) is 1.47. The van der Waals surface area contributed by atoms with Gasteiger partial charge < -0.3 is 5.32 Å². The first-order valence-electron chi connectivity index (χ1n) is 10.1. The summed E-state index contributed by atoms with van der Waals surface area (Å²) in [4.78, 5) is 18.9. The fourth-order valence-corrected chi connectivity index (χ4v) is 4.17. The van der Waals surface area contributed by atoms with Gasteiger partial charge in [-0.15, -0.1) is 0 Å². The predicted octanol–water partition coefficient (Wildman–Crippen LogP) is 4.86. The zero-order valence-electron chi connectivity index (χ0n) is 16.5. The molecule has 4 nitrogen and oxygen atoms in total. The molecule has 1 aliphatic rings. The number of carbonyl (C=O) groups is 1. The molecule has 1 saturated heterocycles. The van der Waals surface area contributed by atoms with Crippen LogP contribution in [0.1, 0.15) is 40.4 Å². The maximum Gasteiger partial charge on any atom is 0.251 e. The van der Waals surface area contributed by atoms with E-state index in [4.69, 9.17) is 11.6 Å². The van der Waals surface area contributed by atoms with Crippen LogP contribution in [0.2, 0.25) is 5.02 Å². The molecule has 1 amide bonds. The number of benzene rings is 2. The molecule has 1 unspecified atom stereocenters. The minimum Gasteiger partial charge on any atom is -0.349 e. The highest BCUT2D eigenvalue weighted by Gasteiger charge is 2.30. The molecule has 1 aromatic heterocycles. The highest BCUT2D eigenvalue weighted by atomic mass is 35.5. The summed E-state index contributed by atoms with van der Waals surface area (Å²) in [6.07, 6.45) is 5.08. The number of halogens is 2. The topological polar surface area (TPSA) is 45.2 Å². The van der Waals surface area contributed by atoms with Crippen LogP contribution < -0.4 is 5.32 Å². The zero-order valence-corrected chi connectivity index (χ0v) is 17.2. The Morgan fingerprint density at radius 3 is 2.53 bits per heavy atom. The lowest BCUT2D eigenvalue weighted by Gasteiger charge is -2.38. The number of amides is 1. The Morgan fingerprint density at radius 1 is 1.10 bits per heavy atom. The van der Waals surface area contributed by atoms with E-state index in [1.54, 1.807) is 24.5 Å². The van der Waals surface area contributed by atoms with Crippen LogP contribution in [0.5, 0.6) is 0 Å². The van der Waals surface area contributed by atoms with Crippen molar-refractivity contribution < 1.29 is 9.18 Å². The Morgan fingerprint density at radius 2 is 1.87 bits per heavy atom. The standard InChI is InChI=1S/C24H23ClFN3O/c25-19-8-9-21(22(26)15-19)23(18-7-4-12-27-16-18)29-13-10-20(11-14-29)28-24(30)17-5-2-1-3-6-17/h1-9,12,15-16,20,23H,10-11,13-14H2,(H,28,30). The van der Waals surface area contributed by atoms with Crippen molar-refractivity contribution in [3.05, 3.63) is 101 Å². The molecule has 6 heteroatoms. The third-order valence-corrected chi connectivity index (χ3v) is 5.76. The first-order valence-corrected chi connectivity index (χ1v) is 10.4. The SMILES string of the molecule is O=C(NC1CCN(C(c2cccnc2)c2ccc(Cl)cc2F)CC1)c1ccccc1. The molecule has 0 spiro atoms. The highest BCUT2D eigenvalue weighted by molar-refractivity contribution is 6.30. The van der Waals surface area contributed by atoms with Gasteiger partial charge in [-0.2, -0.15) is 0 Å². The summed E-state index contributed by atoms with van der Waals surface area (Å²) in [5.41, 5.74) is 2.18. The van der Waals surface area contributed by atoms with E-state index in [1.807, 2.05) is 42.5 Å². The molecule has 30 heavy (non-hydrogen) atoms. The van der Waals surface area contributed by atoms with E-state index >= 15 is 0 Å². The molecule has 0 saturated carbocycles. The van der Waals surface area contributed by atoms with E-state index in [9.17, 15) is 9.18 Å². The molecule has 1 atom stereocenters. The second-order valence-corrected chi connectivity index (χ2v) is 7.94. The highest BCUT2D eigenvalue weighted by Crippen LogP contribution is 2.33. The van der Waals surface area contributed by atoms with Crippen LogP contribution in [0, 0.1) is 5.82 Å². The largest absolute Gasteiger partial charge is 0.349 e. The van der Waals surface area contributed by atoms with Crippen molar-refractivity contribution in [3.8, 4) is 0 Å². The molecule has 1 N–H and O–H groups in total. The van der Waals surface area contributed by atoms with E-state index in [-0.39, 0.29) is 23.8 Å². The van der Waals surface area contributed by atoms with Crippen molar-refractivity contribution >= 4 is 17.5 Å². The number of rotatable bonds is 5. The van der Waals surface area contributed by atoms with Crippen LogP contribution in [-0.2, 0) is 0 Å². The Balaban J connectivity index is 1.49. The van der Waals surface area contributed by atoms with Crippen LogP contribution in [-0.4, -0.2) is 34.9 Å². The minimum atomic E-state index is -0.323. The zero-order chi connectivity index (χ0) is 20.9. The summed E-state index contributed by atoms with van der Waals surface area (Å²) in [5.74, 6) is -0.377. The minimum absolute atomic E-state index is 0.0541. The van der Waals surface area contributed by atoms with E-state index in [0.29, 0.717) is 16.1 Å². The normalized spacial score (nSPS) is 16.2. The molecule has 154 valence electrons. The Bertz CT molecular complexity index is 992. The fraction of sp³-hybridized carbons (Fsp3) is 0.250. The molecule has 0 bridgehead atoms. The maximum atomic E-state index is 14.8. The summed E-state index contributed by atoms with van der Waals surface area (Å²) in [5, 5.41) is 3.50. The Kier molecular flexibility index (Phi) is 6.41. The molecule has 1 fully saturated rings. The average Bonchev–Trinajstić information content (AvgIpc) is 2.78. The summed E-state index contributed by atoms with van der Waals surface area (Å²) >= 11 is 5.97. The molecule has 4 rings (SSSR count). The number of piperidine rings is 1. The summed E-state index contributed by atoms with van der Waals surface area (Å²) in [6, 6.07) is 17.7. The molecule has 3 aromatic rings. The number of nitrogens with zero attached hydrogens (tertiary/aromatic N) is 2. The van der Waals surface area contributed by atoms with Gasteiger partial charge in [0.2, 0.25) is 0 Å². The first kappa shape index (κ1) is 20.5. The number of likely N-dealkylation sites (tertiary alicyclic amines) is 1. The molecular formula is C24H23ClFN3O. The van der Waals surface area contributed by atoms with E-state index in [1.165, 1.54) is 6.07 Å². The third-order valence-electron chi connectivity index (χ3n) is 5.52. The quantitative estimate of drug-likeness (QED) is 0.637. The van der Waals surface area contributed by atoms with Crippen LogP contribution >= 0.6 is 11.6 Å². The average molecular weight is 424 g/mol. The van der Waals surface area contributed by atoms with Crippen molar-refractivity contribution in [2.45, 2.75) is 24.9 Å². The van der Waals surface area contributed by atoms with Crippen LogP contribution in [0.3, 0.4) is 0 Å². The molecule has 0 aliphatic carbocycles. The van der Waals surface area contributed by atoms with Crippen LogP contribution in [0.25, 0.3) is 0 Å². The molecular weight excluding hydrogens is 401 g/mol. The van der Waals surface area contributed by atoms with Gasteiger partial charge in [-0.1, -0.05) is 41.9 Å². The van der Waals surface area contributed by atoms with Crippen molar-refractivity contribution in [2.75, 3.05) is 13.1 Å². The third kappa shape index (κ3) is 4.69. The predicted molar refractivity (Wildman–Crippen MR) is 116 cm³/mol. The summed E-state index contributed by atoms with van der Waals surface area (Å²) < 4.78 is 14.8.